The topological polar surface area (TPSA) is 113 Å². The lowest BCUT2D eigenvalue weighted by molar-refractivity contribution is -0.384. The fraction of sp³-hybridized carbons (Fsp3) is 0.167. The highest BCUT2D eigenvalue weighted by Gasteiger charge is 2.09. The largest absolute Gasteiger partial charge is 0.352 e. The number of nitro groups is 1. The molecule has 0 saturated heterocycles. The molecule has 3 aromatic rings. The molecule has 0 aliphatic heterocycles. The minimum atomic E-state index is -0.428. The smallest absolute Gasteiger partial charge is 0.271 e. The fourth-order valence-corrected chi connectivity index (χ4v) is 1.93. The number of non-ortho nitro benzene ring substituents is 1. The highest BCUT2D eigenvalue weighted by atomic mass is 16.6. The Morgan fingerprint density at radius 2 is 2.30 bits per heavy atom. The zero-order chi connectivity index (χ0) is 14.1. The summed E-state index contributed by atoms with van der Waals surface area (Å²) in [4.78, 5) is 17.6. The van der Waals surface area contributed by atoms with Crippen LogP contribution >= 0.6 is 0 Å². The maximum absolute atomic E-state index is 10.7. The van der Waals surface area contributed by atoms with E-state index in [1.165, 1.54) is 12.1 Å². The molecule has 102 valence electrons. The number of benzene rings is 1. The maximum atomic E-state index is 10.7. The van der Waals surface area contributed by atoms with Gasteiger partial charge in [-0.15, -0.1) is 0 Å². The minimum absolute atomic E-state index is 0.0402. The molecule has 0 radical (unpaired) electrons. The predicted octanol–water partition coefficient (Wildman–Crippen LogP) is 2.11. The molecule has 0 aliphatic rings. The van der Waals surface area contributed by atoms with Gasteiger partial charge >= 0.3 is 0 Å². The van der Waals surface area contributed by atoms with Crippen molar-refractivity contribution < 1.29 is 4.92 Å². The number of hydrogen-bond acceptors (Lipinski definition) is 5. The summed E-state index contributed by atoms with van der Waals surface area (Å²) in [5, 5.41) is 20.6. The summed E-state index contributed by atoms with van der Waals surface area (Å²) in [6, 6.07) is 4.53. The van der Waals surface area contributed by atoms with Crippen molar-refractivity contribution in [2.75, 3.05) is 5.32 Å². The van der Waals surface area contributed by atoms with Crippen LogP contribution < -0.4 is 5.32 Å². The molecule has 0 atom stereocenters. The molecule has 0 bridgehead atoms. The molecular formula is C12H12N6O2. The molecular weight excluding hydrogens is 260 g/mol. The van der Waals surface area contributed by atoms with Crippen LogP contribution in [-0.4, -0.2) is 25.1 Å². The number of fused-ring (bicyclic) bond motifs is 1. The van der Waals surface area contributed by atoms with Gasteiger partial charge in [-0.3, -0.25) is 15.2 Å². The van der Waals surface area contributed by atoms with E-state index in [1.54, 1.807) is 12.3 Å². The number of aryl methyl sites for hydroxylation is 1. The lowest BCUT2D eigenvalue weighted by Gasteiger charge is -2.00. The molecule has 2 heterocycles. The van der Waals surface area contributed by atoms with Crippen LogP contribution in [0.4, 0.5) is 11.6 Å². The number of rotatable bonds is 4. The lowest BCUT2D eigenvalue weighted by atomic mass is 10.3. The maximum Gasteiger partial charge on any atom is 0.271 e. The molecule has 20 heavy (non-hydrogen) atoms. The van der Waals surface area contributed by atoms with E-state index in [4.69, 9.17) is 0 Å². The second-order valence-corrected chi connectivity index (χ2v) is 4.42. The number of aromatic nitrogens is 4. The van der Waals surface area contributed by atoms with Crippen molar-refractivity contribution >= 4 is 22.7 Å². The summed E-state index contributed by atoms with van der Waals surface area (Å²) in [6.45, 7) is 2.51. The molecule has 0 saturated carbocycles. The molecule has 2 aromatic heterocycles. The zero-order valence-corrected chi connectivity index (χ0v) is 10.7. The van der Waals surface area contributed by atoms with Gasteiger partial charge in [0.15, 0.2) is 0 Å². The Morgan fingerprint density at radius 1 is 1.45 bits per heavy atom. The molecule has 8 nitrogen and oxygen atoms in total. The van der Waals surface area contributed by atoms with Gasteiger partial charge in [-0.25, -0.2) is 4.98 Å². The van der Waals surface area contributed by atoms with E-state index >= 15 is 0 Å². The monoisotopic (exact) mass is 272 g/mol. The molecule has 0 amide bonds. The fourth-order valence-electron chi connectivity index (χ4n) is 1.93. The number of aromatic amines is 2. The average molecular weight is 272 g/mol. The second kappa shape index (κ2) is 4.65. The van der Waals surface area contributed by atoms with Crippen molar-refractivity contribution in [1.82, 2.24) is 20.2 Å². The zero-order valence-electron chi connectivity index (χ0n) is 10.7. The molecule has 0 fully saturated rings. The van der Waals surface area contributed by atoms with E-state index in [0.29, 0.717) is 23.5 Å². The Labute approximate surface area is 113 Å². The summed E-state index contributed by atoms with van der Waals surface area (Å²) in [5.41, 5.74) is 3.38. The minimum Gasteiger partial charge on any atom is -0.352 e. The van der Waals surface area contributed by atoms with Crippen LogP contribution in [0.25, 0.3) is 11.0 Å². The van der Waals surface area contributed by atoms with Crippen LogP contribution in [0, 0.1) is 17.0 Å². The summed E-state index contributed by atoms with van der Waals surface area (Å²) in [7, 11) is 0. The highest BCUT2D eigenvalue weighted by Crippen LogP contribution is 2.20. The molecule has 8 heteroatoms. The molecule has 0 unspecified atom stereocenters. The Balaban J connectivity index is 1.82. The van der Waals surface area contributed by atoms with Crippen molar-refractivity contribution in [3.05, 3.63) is 45.8 Å². The van der Waals surface area contributed by atoms with Crippen molar-refractivity contribution in [1.29, 1.82) is 0 Å². The van der Waals surface area contributed by atoms with Gasteiger partial charge in [0.05, 0.1) is 22.2 Å². The Hall–Kier alpha value is -2.90. The standard InChI is InChI=1S/C12H12N6O2/c1-7-8(6-14-17-7)5-13-12-15-10-3-2-9(18(19)20)4-11(10)16-12/h2-4,6H,5H2,1H3,(H,14,17)(H2,13,15,16). The van der Waals surface area contributed by atoms with E-state index in [2.05, 4.69) is 25.5 Å². The first-order valence-corrected chi connectivity index (χ1v) is 6.00. The number of H-pyrrole nitrogens is 2. The van der Waals surface area contributed by atoms with Crippen molar-refractivity contribution in [3.63, 3.8) is 0 Å². The first-order chi connectivity index (χ1) is 9.63. The third kappa shape index (κ3) is 2.18. The van der Waals surface area contributed by atoms with Gasteiger partial charge in [0.1, 0.15) is 0 Å². The summed E-state index contributed by atoms with van der Waals surface area (Å²) in [6.07, 6.45) is 1.75. The lowest BCUT2D eigenvalue weighted by Crippen LogP contribution is -2.01. The van der Waals surface area contributed by atoms with Gasteiger partial charge in [-0.2, -0.15) is 5.10 Å². The number of nitrogens with one attached hydrogen (secondary N) is 3. The first kappa shape index (κ1) is 12.2. The van der Waals surface area contributed by atoms with Gasteiger partial charge in [0.2, 0.25) is 5.95 Å². The van der Waals surface area contributed by atoms with E-state index in [1.807, 2.05) is 6.92 Å². The van der Waals surface area contributed by atoms with E-state index < -0.39 is 4.92 Å². The van der Waals surface area contributed by atoms with Crippen molar-refractivity contribution in [3.8, 4) is 0 Å². The van der Waals surface area contributed by atoms with Crippen molar-refractivity contribution in [2.45, 2.75) is 13.5 Å². The predicted molar refractivity (Wildman–Crippen MR) is 73.4 cm³/mol. The number of nitrogens with zero attached hydrogens (tertiary/aromatic N) is 3. The molecule has 3 N–H and O–H groups in total. The summed E-state index contributed by atoms with van der Waals surface area (Å²) >= 11 is 0. The quantitative estimate of drug-likeness (QED) is 0.497. The molecule has 3 rings (SSSR count). The molecule has 0 spiro atoms. The van der Waals surface area contributed by atoms with E-state index in [-0.39, 0.29) is 5.69 Å². The third-order valence-electron chi connectivity index (χ3n) is 3.06. The molecule has 1 aromatic carbocycles. The van der Waals surface area contributed by atoms with Crippen LogP contribution in [-0.2, 0) is 6.54 Å². The van der Waals surface area contributed by atoms with Crippen molar-refractivity contribution in [2.24, 2.45) is 0 Å². The van der Waals surface area contributed by atoms with Crippen LogP contribution in [0.15, 0.2) is 24.4 Å². The SMILES string of the molecule is Cc1[nH]ncc1CNc1nc2ccc([N+](=O)[O-])cc2[nH]1. The number of nitro benzene ring substituents is 1. The van der Waals surface area contributed by atoms with Gasteiger partial charge in [0.25, 0.3) is 5.69 Å². The van der Waals surface area contributed by atoms with E-state index in [0.717, 1.165) is 11.3 Å². The van der Waals surface area contributed by atoms with Gasteiger partial charge in [0, 0.05) is 29.9 Å². The summed E-state index contributed by atoms with van der Waals surface area (Å²) < 4.78 is 0. The van der Waals surface area contributed by atoms with Gasteiger partial charge in [-0.05, 0) is 13.0 Å². The Bertz CT molecular complexity index is 775. The Morgan fingerprint density at radius 3 is 3.00 bits per heavy atom. The Kier molecular flexibility index (Phi) is 2.82. The number of anilines is 1. The van der Waals surface area contributed by atoms with Crippen LogP contribution in [0.3, 0.4) is 0 Å². The van der Waals surface area contributed by atoms with Crippen LogP contribution in [0.2, 0.25) is 0 Å². The van der Waals surface area contributed by atoms with Gasteiger partial charge in [-0.1, -0.05) is 0 Å². The van der Waals surface area contributed by atoms with Gasteiger partial charge < -0.3 is 10.3 Å². The number of hydrogen-bond donors (Lipinski definition) is 3. The molecule has 0 aliphatic carbocycles. The first-order valence-electron chi connectivity index (χ1n) is 6.00. The summed E-state index contributed by atoms with van der Waals surface area (Å²) in [5.74, 6) is 0.570. The van der Waals surface area contributed by atoms with Crippen LogP contribution in [0.1, 0.15) is 11.3 Å². The van der Waals surface area contributed by atoms with Crippen LogP contribution in [0.5, 0.6) is 0 Å². The normalized spacial score (nSPS) is 10.8. The average Bonchev–Trinajstić information content (AvgIpc) is 3.00. The third-order valence-corrected chi connectivity index (χ3v) is 3.06. The van der Waals surface area contributed by atoms with E-state index in [9.17, 15) is 10.1 Å². The highest BCUT2D eigenvalue weighted by molar-refractivity contribution is 5.79. The number of imidazole rings is 1. The second-order valence-electron chi connectivity index (χ2n) is 4.42.